The molecule has 2 heterocycles. The second kappa shape index (κ2) is 8.62. The quantitative estimate of drug-likeness (QED) is 0.536. The van der Waals surface area contributed by atoms with E-state index in [1.165, 1.54) is 24.3 Å². The van der Waals surface area contributed by atoms with Gasteiger partial charge in [-0.05, 0) is 36.2 Å². The van der Waals surface area contributed by atoms with Crippen LogP contribution in [0.3, 0.4) is 0 Å². The Balaban J connectivity index is 1.37. The summed E-state index contributed by atoms with van der Waals surface area (Å²) in [5.41, 5.74) is 1.41. The number of hydrogen-bond acceptors (Lipinski definition) is 5. The Bertz CT molecular complexity index is 1100. The molecule has 0 spiro atoms. The van der Waals surface area contributed by atoms with Crippen LogP contribution in [0.25, 0.3) is 0 Å². The van der Waals surface area contributed by atoms with Crippen molar-refractivity contribution in [3.05, 3.63) is 72.3 Å². The van der Waals surface area contributed by atoms with Crippen molar-refractivity contribution in [1.29, 1.82) is 0 Å². The average Bonchev–Trinajstić information content (AvgIpc) is 3.36. The average molecular weight is 442 g/mol. The van der Waals surface area contributed by atoms with E-state index in [0.29, 0.717) is 12.1 Å². The van der Waals surface area contributed by atoms with Crippen LogP contribution in [0.5, 0.6) is 0 Å². The molecule has 1 fully saturated rings. The Morgan fingerprint density at radius 2 is 1.58 bits per heavy atom. The summed E-state index contributed by atoms with van der Waals surface area (Å²) < 4.78 is 33.0. The summed E-state index contributed by atoms with van der Waals surface area (Å²) in [6, 6.07) is 15.3. The second-order valence-electron chi connectivity index (χ2n) is 7.49. The number of hydrogen-bond donors (Lipinski definition) is 3. The number of rotatable bonds is 8. The van der Waals surface area contributed by atoms with E-state index in [-0.39, 0.29) is 11.4 Å². The summed E-state index contributed by atoms with van der Waals surface area (Å²) in [4.78, 5) is 24.3. The van der Waals surface area contributed by atoms with Gasteiger partial charge in [-0.15, -0.1) is 0 Å². The minimum absolute atomic E-state index is 0.0770. The minimum Gasteiger partial charge on any atom is -0.481 e. The van der Waals surface area contributed by atoms with Gasteiger partial charge in [-0.1, -0.05) is 42.5 Å². The molecule has 8 nitrogen and oxygen atoms in total. The fraction of sp³-hybridized carbons (Fsp3) is 0.273. The van der Waals surface area contributed by atoms with Crippen LogP contribution < -0.4 is 10.0 Å². The number of sulfonamides is 1. The predicted molar refractivity (Wildman–Crippen MR) is 113 cm³/mol. The lowest BCUT2D eigenvalue weighted by Crippen LogP contribution is -2.39. The molecule has 0 unspecified atom stereocenters. The summed E-state index contributed by atoms with van der Waals surface area (Å²) in [7, 11) is -3.69. The smallest absolute Gasteiger partial charge is 0.310 e. The number of carbonyl (C=O) groups is 2. The summed E-state index contributed by atoms with van der Waals surface area (Å²) in [6.45, 7) is 0.263. The Morgan fingerprint density at radius 1 is 0.935 bits per heavy atom. The maximum atomic E-state index is 12.7. The molecule has 2 aromatic carbocycles. The molecule has 2 aromatic rings. The fourth-order valence-corrected chi connectivity index (χ4v) is 4.95. The van der Waals surface area contributed by atoms with Crippen molar-refractivity contribution >= 4 is 27.6 Å². The van der Waals surface area contributed by atoms with E-state index in [1.807, 2.05) is 30.3 Å². The first-order valence-corrected chi connectivity index (χ1v) is 11.3. The molecule has 3 N–H and O–H groups in total. The highest BCUT2D eigenvalue weighted by atomic mass is 32.2. The fourth-order valence-electron chi connectivity index (χ4n) is 3.92. The monoisotopic (exact) mass is 442 g/mol. The van der Waals surface area contributed by atoms with Crippen LogP contribution >= 0.6 is 0 Å². The Morgan fingerprint density at radius 3 is 2.23 bits per heavy atom. The van der Waals surface area contributed by atoms with Gasteiger partial charge in [-0.2, -0.15) is 0 Å². The van der Waals surface area contributed by atoms with Crippen molar-refractivity contribution in [2.24, 2.45) is 11.8 Å². The number of carboxylic acid groups (broad SMARTS) is 1. The van der Waals surface area contributed by atoms with E-state index in [2.05, 4.69) is 10.0 Å². The van der Waals surface area contributed by atoms with Gasteiger partial charge < -0.3 is 15.2 Å². The summed E-state index contributed by atoms with van der Waals surface area (Å²) in [5, 5.41) is 12.1. The Labute approximate surface area is 180 Å². The Kier molecular flexibility index (Phi) is 5.90. The lowest BCUT2D eigenvalue weighted by molar-refractivity contribution is -0.145. The van der Waals surface area contributed by atoms with E-state index < -0.39 is 45.9 Å². The van der Waals surface area contributed by atoms with E-state index in [0.717, 1.165) is 5.56 Å². The topological polar surface area (TPSA) is 122 Å². The van der Waals surface area contributed by atoms with E-state index in [1.54, 1.807) is 12.2 Å². The molecule has 1 saturated heterocycles. The van der Waals surface area contributed by atoms with Gasteiger partial charge in [-0.3, -0.25) is 9.59 Å². The molecule has 4 rings (SSSR count). The molecule has 0 aliphatic carbocycles. The van der Waals surface area contributed by atoms with Crippen molar-refractivity contribution < 1.29 is 27.9 Å². The number of ether oxygens (including phenoxy) is 1. The van der Waals surface area contributed by atoms with Crippen molar-refractivity contribution in [1.82, 2.24) is 4.72 Å². The molecule has 4 atom stereocenters. The lowest BCUT2D eigenvalue weighted by atomic mass is 9.82. The summed E-state index contributed by atoms with van der Waals surface area (Å²) >= 11 is 0. The largest absolute Gasteiger partial charge is 0.481 e. The van der Waals surface area contributed by atoms with Gasteiger partial charge in [0.05, 0.1) is 23.0 Å². The third-order valence-corrected chi connectivity index (χ3v) is 6.95. The van der Waals surface area contributed by atoms with Crippen molar-refractivity contribution in [2.45, 2.75) is 23.5 Å². The number of aliphatic carboxylic acids is 1. The lowest BCUT2D eigenvalue weighted by Gasteiger charge is -2.21. The van der Waals surface area contributed by atoms with Gasteiger partial charge in [0, 0.05) is 12.2 Å². The first-order valence-electron chi connectivity index (χ1n) is 9.86. The number of nitrogens with one attached hydrogen (secondary N) is 2. The van der Waals surface area contributed by atoms with Crippen LogP contribution in [0.1, 0.15) is 5.56 Å². The molecule has 2 aliphatic rings. The maximum Gasteiger partial charge on any atom is 0.310 e. The van der Waals surface area contributed by atoms with E-state index in [9.17, 15) is 23.1 Å². The molecule has 162 valence electrons. The number of anilines is 1. The number of carbonyl (C=O) groups excluding carboxylic acids is 1. The number of amides is 1. The van der Waals surface area contributed by atoms with Crippen LogP contribution in [0, 0.1) is 11.8 Å². The summed E-state index contributed by atoms with van der Waals surface area (Å²) in [6.07, 6.45) is 2.76. The first-order chi connectivity index (χ1) is 14.8. The molecule has 0 aromatic heterocycles. The molecule has 31 heavy (non-hydrogen) atoms. The molecule has 9 heteroatoms. The van der Waals surface area contributed by atoms with Gasteiger partial charge in [0.2, 0.25) is 15.9 Å². The number of fused-ring (bicyclic) bond motifs is 2. The maximum absolute atomic E-state index is 12.7. The van der Waals surface area contributed by atoms with E-state index in [4.69, 9.17) is 4.74 Å². The zero-order chi connectivity index (χ0) is 22.0. The molecular weight excluding hydrogens is 420 g/mol. The van der Waals surface area contributed by atoms with Crippen LogP contribution in [-0.4, -0.2) is 44.2 Å². The normalized spacial score (nSPS) is 24.3. The standard InChI is InChI=1S/C22H22N2O6S/c25-21(19-17-10-11-18(30-17)20(19)22(26)27)24-15-6-8-16(9-7-15)31(28,29)23-13-12-14-4-2-1-3-5-14/h1-11,17-20,23H,12-13H2,(H,24,25)(H,26,27)/t17-,18-,19-,20-/m1/s1. The Hall–Kier alpha value is -3.01. The van der Waals surface area contributed by atoms with Crippen LogP contribution in [0.2, 0.25) is 0 Å². The van der Waals surface area contributed by atoms with Gasteiger partial charge in [0.1, 0.15) is 5.92 Å². The molecule has 2 aliphatic heterocycles. The molecule has 2 bridgehead atoms. The first kappa shape index (κ1) is 21.2. The molecular formula is C22H22N2O6S. The van der Waals surface area contributed by atoms with Crippen LogP contribution in [0.4, 0.5) is 5.69 Å². The predicted octanol–water partition coefficient (Wildman–Crippen LogP) is 1.80. The second-order valence-corrected chi connectivity index (χ2v) is 9.25. The zero-order valence-corrected chi connectivity index (χ0v) is 17.3. The van der Waals surface area contributed by atoms with Crippen LogP contribution in [-0.2, 0) is 30.8 Å². The molecule has 0 radical (unpaired) electrons. The van der Waals surface area contributed by atoms with Crippen molar-refractivity contribution in [3.8, 4) is 0 Å². The molecule has 1 amide bonds. The third kappa shape index (κ3) is 4.53. The highest BCUT2D eigenvalue weighted by molar-refractivity contribution is 7.89. The van der Waals surface area contributed by atoms with Gasteiger partial charge >= 0.3 is 5.97 Å². The van der Waals surface area contributed by atoms with Crippen molar-refractivity contribution in [2.75, 3.05) is 11.9 Å². The summed E-state index contributed by atoms with van der Waals surface area (Å²) in [5.74, 6) is -3.33. The van der Waals surface area contributed by atoms with E-state index >= 15 is 0 Å². The zero-order valence-electron chi connectivity index (χ0n) is 16.5. The molecule has 0 saturated carbocycles. The number of carboxylic acids is 1. The minimum atomic E-state index is -3.69. The van der Waals surface area contributed by atoms with Gasteiger partial charge in [0.15, 0.2) is 0 Å². The highest BCUT2D eigenvalue weighted by Gasteiger charge is 2.53. The van der Waals surface area contributed by atoms with Crippen LogP contribution in [0.15, 0.2) is 71.6 Å². The number of benzene rings is 2. The van der Waals surface area contributed by atoms with Crippen molar-refractivity contribution in [3.63, 3.8) is 0 Å². The SMILES string of the molecule is O=C(O)[C@H]1[C@H](C(=O)Nc2ccc(S(=O)(=O)NCCc3ccccc3)cc2)[C@H]2C=C[C@H]1O2. The van der Waals surface area contributed by atoms with Gasteiger partial charge in [0.25, 0.3) is 0 Å². The highest BCUT2D eigenvalue weighted by Crippen LogP contribution is 2.39. The third-order valence-electron chi connectivity index (χ3n) is 5.47. The van der Waals surface area contributed by atoms with Gasteiger partial charge in [-0.25, -0.2) is 13.1 Å².